The first kappa shape index (κ1) is 25.1. The third-order valence-electron chi connectivity index (χ3n) is 8.84. The van der Waals surface area contributed by atoms with Crippen LogP contribution >= 0.6 is 11.3 Å². The minimum absolute atomic E-state index is 1.13. The molecule has 0 bridgehead atoms. The van der Waals surface area contributed by atoms with Crippen molar-refractivity contribution in [3.63, 3.8) is 0 Å². The maximum atomic E-state index is 2.41. The van der Waals surface area contributed by atoms with Gasteiger partial charge in [0.05, 0.1) is 5.69 Å². The number of hydrogen-bond acceptors (Lipinski definition) is 2. The van der Waals surface area contributed by atoms with E-state index in [2.05, 4.69) is 169 Å². The van der Waals surface area contributed by atoms with E-state index in [1.807, 2.05) is 11.3 Å². The number of anilines is 3. The molecule has 1 heterocycles. The van der Waals surface area contributed by atoms with Crippen LogP contribution < -0.4 is 4.90 Å². The van der Waals surface area contributed by atoms with Crippen LogP contribution in [0.2, 0.25) is 0 Å². The minimum atomic E-state index is 1.13. The predicted molar refractivity (Wildman–Crippen MR) is 192 cm³/mol. The van der Waals surface area contributed by atoms with E-state index in [0.29, 0.717) is 0 Å². The smallest absolute Gasteiger partial charge is 0.0540 e. The number of fused-ring (bicyclic) bond motifs is 7. The van der Waals surface area contributed by atoms with Gasteiger partial charge >= 0.3 is 0 Å². The molecule has 0 spiro atoms. The van der Waals surface area contributed by atoms with E-state index in [1.165, 1.54) is 69.3 Å². The Morgan fingerprint density at radius 2 is 1.02 bits per heavy atom. The summed E-state index contributed by atoms with van der Waals surface area (Å²) in [7, 11) is 0. The summed E-state index contributed by atoms with van der Waals surface area (Å²) < 4.78 is 2.69. The van der Waals surface area contributed by atoms with Gasteiger partial charge in [-0.05, 0) is 74.5 Å². The molecular formula is C42H27NS. The summed E-state index contributed by atoms with van der Waals surface area (Å²) in [4.78, 5) is 2.41. The predicted octanol–water partition coefficient (Wildman–Crippen LogP) is 12.7. The highest BCUT2D eigenvalue weighted by atomic mass is 32.1. The summed E-state index contributed by atoms with van der Waals surface area (Å²) in [6, 6.07) is 59.7. The maximum Gasteiger partial charge on any atom is 0.0540 e. The van der Waals surface area contributed by atoms with Gasteiger partial charge in [-0.3, -0.25) is 0 Å². The van der Waals surface area contributed by atoms with Gasteiger partial charge in [0.25, 0.3) is 0 Å². The zero-order valence-corrected chi connectivity index (χ0v) is 24.8. The van der Waals surface area contributed by atoms with Crippen LogP contribution in [-0.2, 0) is 0 Å². The summed E-state index contributed by atoms with van der Waals surface area (Å²) >= 11 is 1.89. The molecule has 0 fully saturated rings. The number of benzene rings is 8. The third kappa shape index (κ3) is 4.00. The lowest BCUT2D eigenvalue weighted by Gasteiger charge is -2.27. The van der Waals surface area contributed by atoms with Crippen LogP contribution in [0, 0.1) is 0 Å². The van der Waals surface area contributed by atoms with E-state index < -0.39 is 0 Å². The third-order valence-corrected chi connectivity index (χ3v) is 10.1. The molecule has 8 aromatic carbocycles. The topological polar surface area (TPSA) is 3.24 Å². The first-order valence-corrected chi connectivity index (χ1v) is 15.8. The van der Waals surface area contributed by atoms with Crippen LogP contribution in [0.4, 0.5) is 17.1 Å². The summed E-state index contributed by atoms with van der Waals surface area (Å²) in [5.41, 5.74) is 5.92. The molecule has 0 aliphatic heterocycles. The number of rotatable bonds is 4. The summed E-state index contributed by atoms with van der Waals surface area (Å²) in [6.07, 6.45) is 0. The average Bonchev–Trinajstić information content (AvgIpc) is 3.48. The van der Waals surface area contributed by atoms with E-state index in [9.17, 15) is 0 Å². The fraction of sp³-hybridized carbons (Fsp3) is 0. The second kappa shape index (κ2) is 10.1. The molecule has 1 aromatic heterocycles. The summed E-state index contributed by atoms with van der Waals surface area (Å²) in [6.45, 7) is 0. The van der Waals surface area contributed by atoms with Crippen LogP contribution in [0.1, 0.15) is 0 Å². The lowest BCUT2D eigenvalue weighted by Crippen LogP contribution is -2.10. The first-order chi connectivity index (χ1) is 21.8. The van der Waals surface area contributed by atoms with Crippen molar-refractivity contribution in [3.8, 4) is 11.1 Å². The van der Waals surface area contributed by atoms with Crippen molar-refractivity contribution >= 4 is 80.9 Å². The first-order valence-electron chi connectivity index (χ1n) is 15.0. The van der Waals surface area contributed by atoms with E-state index >= 15 is 0 Å². The molecule has 0 amide bonds. The van der Waals surface area contributed by atoms with Gasteiger partial charge in [0.2, 0.25) is 0 Å². The highest BCUT2D eigenvalue weighted by molar-refractivity contribution is 7.26. The van der Waals surface area contributed by atoms with E-state index in [0.717, 1.165) is 11.4 Å². The van der Waals surface area contributed by atoms with Crippen LogP contribution in [0.3, 0.4) is 0 Å². The number of hydrogen-bond donors (Lipinski definition) is 0. The molecule has 1 nitrogen and oxygen atoms in total. The molecule has 206 valence electrons. The van der Waals surface area contributed by atoms with E-state index in [4.69, 9.17) is 0 Å². The van der Waals surface area contributed by atoms with Crippen LogP contribution in [0.25, 0.3) is 63.6 Å². The van der Waals surface area contributed by atoms with Crippen molar-refractivity contribution < 1.29 is 0 Å². The van der Waals surface area contributed by atoms with E-state index in [1.54, 1.807) is 0 Å². The molecule has 9 aromatic rings. The van der Waals surface area contributed by atoms with Gasteiger partial charge < -0.3 is 4.90 Å². The summed E-state index contributed by atoms with van der Waals surface area (Å²) in [5, 5.41) is 10.2. The van der Waals surface area contributed by atoms with Crippen LogP contribution in [0.5, 0.6) is 0 Å². The second-order valence-corrected chi connectivity index (χ2v) is 12.4. The lowest BCUT2D eigenvalue weighted by atomic mass is 9.98. The molecule has 0 atom stereocenters. The Labute approximate surface area is 259 Å². The van der Waals surface area contributed by atoms with Gasteiger partial charge in [0.1, 0.15) is 0 Å². The minimum Gasteiger partial charge on any atom is -0.310 e. The van der Waals surface area contributed by atoms with Crippen LogP contribution in [-0.4, -0.2) is 0 Å². The zero-order valence-electron chi connectivity index (χ0n) is 23.9. The van der Waals surface area contributed by atoms with Gasteiger partial charge in [0, 0.05) is 36.9 Å². The molecule has 2 heteroatoms. The van der Waals surface area contributed by atoms with E-state index in [-0.39, 0.29) is 0 Å². The Bertz CT molecular complexity index is 2490. The fourth-order valence-electron chi connectivity index (χ4n) is 6.74. The van der Waals surface area contributed by atoms with Crippen molar-refractivity contribution in [2.45, 2.75) is 0 Å². The second-order valence-electron chi connectivity index (χ2n) is 11.4. The van der Waals surface area contributed by atoms with Gasteiger partial charge in [0.15, 0.2) is 0 Å². The molecule has 0 radical (unpaired) electrons. The summed E-state index contributed by atoms with van der Waals surface area (Å²) in [5.74, 6) is 0. The Morgan fingerprint density at radius 3 is 1.86 bits per heavy atom. The molecule has 44 heavy (non-hydrogen) atoms. The van der Waals surface area contributed by atoms with Crippen molar-refractivity contribution in [2.24, 2.45) is 0 Å². The van der Waals surface area contributed by atoms with Crippen molar-refractivity contribution in [2.75, 3.05) is 4.90 Å². The molecule has 0 N–H and O–H groups in total. The zero-order chi connectivity index (χ0) is 29.0. The molecule has 0 saturated heterocycles. The quantitative estimate of drug-likeness (QED) is 0.201. The molecular weight excluding hydrogens is 551 g/mol. The van der Waals surface area contributed by atoms with Crippen molar-refractivity contribution in [1.29, 1.82) is 0 Å². The maximum absolute atomic E-state index is 2.41. The number of nitrogens with zero attached hydrogens (tertiary/aromatic N) is 1. The molecule has 0 aliphatic rings. The highest BCUT2D eigenvalue weighted by Crippen LogP contribution is 2.43. The number of thiophene rings is 1. The van der Waals surface area contributed by atoms with Crippen LogP contribution in [0.15, 0.2) is 164 Å². The van der Waals surface area contributed by atoms with Gasteiger partial charge in [-0.2, -0.15) is 0 Å². The Balaban J connectivity index is 1.23. The normalized spacial score (nSPS) is 11.6. The Kier molecular flexibility index (Phi) is 5.75. The molecule has 0 unspecified atom stereocenters. The Morgan fingerprint density at radius 1 is 0.386 bits per heavy atom. The van der Waals surface area contributed by atoms with Gasteiger partial charge in [-0.15, -0.1) is 11.3 Å². The van der Waals surface area contributed by atoms with Gasteiger partial charge in [-0.1, -0.05) is 127 Å². The van der Waals surface area contributed by atoms with Gasteiger partial charge in [-0.25, -0.2) is 0 Å². The Hall–Kier alpha value is -5.44. The monoisotopic (exact) mass is 577 g/mol. The fourth-order valence-corrected chi connectivity index (χ4v) is 7.97. The molecule has 0 saturated carbocycles. The lowest BCUT2D eigenvalue weighted by molar-refractivity contribution is 1.30. The highest BCUT2D eigenvalue weighted by Gasteiger charge is 2.17. The molecule has 9 rings (SSSR count). The largest absolute Gasteiger partial charge is 0.310 e. The standard InChI is InChI=1S/C42H27NS/c1-3-13-34-28(9-1)11-7-16-35(34)30-19-22-32(23-20-30)43(40-17-8-12-29-10-2-4-14-36(29)40)33-24-26-37-31(27-33)21-25-39-38-15-5-6-18-41(38)44-42(37)39/h1-27H. The van der Waals surface area contributed by atoms with Crippen molar-refractivity contribution in [1.82, 2.24) is 0 Å². The van der Waals surface area contributed by atoms with Crippen molar-refractivity contribution in [3.05, 3.63) is 164 Å². The molecule has 0 aliphatic carbocycles. The SMILES string of the molecule is c1ccc2c(-c3ccc(N(c4ccc5c(ccc6c7ccccc7sc56)c4)c4cccc5ccccc45)cc3)cccc2c1. The average molecular weight is 578 g/mol.